The normalized spacial score (nSPS) is 19.5. The predicted octanol–water partition coefficient (Wildman–Crippen LogP) is 1.03. The van der Waals surface area contributed by atoms with E-state index in [0.29, 0.717) is 6.47 Å². The summed E-state index contributed by atoms with van der Waals surface area (Å²) in [5.74, 6) is 0. The number of carbonyl (C=O) groups excluding carboxylic acids is 1. The van der Waals surface area contributed by atoms with Gasteiger partial charge in [0.2, 0.25) is 0 Å². The molecule has 1 fully saturated rings. The van der Waals surface area contributed by atoms with E-state index in [1.54, 1.807) is 0 Å². The first kappa shape index (κ1) is 9.52. The van der Waals surface area contributed by atoms with Gasteiger partial charge in [-0.05, 0) is 39.8 Å². The minimum Gasteiger partial charge on any atom is -0.461 e. The lowest BCUT2D eigenvalue weighted by molar-refractivity contribution is -0.141. The van der Waals surface area contributed by atoms with Crippen LogP contribution in [0.5, 0.6) is 0 Å². The molecule has 0 atom stereocenters. The Hall–Kier alpha value is -0.570. The molecular formula is C9H17NO2. The smallest absolute Gasteiger partial charge is 0.293 e. The van der Waals surface area contributed by atoms with E-state index in [4.69, 9.17) is 4.74 Å². The summed E-state index contributed by atoms with van der Waals surface area (Å²) in [4.78, 5) is 12.5. The fourth-order valence-corrected chi connectivity index (χ4v) is 1.65. The van der Waals surface area contributed by atoms with E-state index in [-0.39, 0.29) is 5.60 Å². The Morgan fingerprint density at radius 3 is 2.50 bits per heavy atom. The maximum absolute atomic E-state index is 10.2. The SMILES string of the molecule is CC(C)(CN1CCCC1)OC=O. The van der Waals surface area contributed by atoms with Crippen LogP contribution in [0.3, 0.4) is 0 Å². The number of carbonyl (C=O) groups is 1. The molecule has 1 rings (SSSR count). The largest absolute Gasteiger partial charge is 0.461 e. The second-order valence-corrected chi connectivity index (χ2v) is 3.96. The Balaban J connectivity index is 2.31. The molecule has 1 heterocycles. The van der Waals surface area contributed by atoms with Gasteiger partial charge in [-0.15, -0.1) is 0 Å². The van der Waals surface area contributed by atoms with Crippen molar-refractivity contribution in [1.29, 1.82) is 0 Å². The third-order valence-electron chi connectivity index (χ3n) is 2.17. The molecule has 0 aliphatic carbocycles. The van der Waals surface area contributed by atoms with Crippen LogP contribution in [0.1, 0.15) is 26.7 Å². The van der Waals surface area contributed by atoms with Crippen molar-refractivity contribution in [2.75, 3.05) is 19.6 Å². The van der Waals surface area contributed by atoms with Crippen LogP contribution < -0.4 is 0 Å². The Morgan fingerprint density at radius 1 is 1.42 bits per heavy atom. The lowest BCUT2D eigenvalue weighted by Gasteiger charge is -2.28. The predicted molar refractivity (Wildman–Crippen MR) is 46.9 cm³/mol. The van der Waals surface area contributed by atoms with Crippen LogP contribution in [0.25, 0.3) is 0 Å². The number of ether oxygens (including phenoxy) is 1. The number of hydrogen-bond acceptors (Lipinski definition) is 3. The van der Waals surface area contributed by atoms with Crippen LogP contribution in [0, 0.1) is 0 Å². The summed E-state index contributed by atoms with van der Waals surface area (Å²) < 4.78 is 4.97. The van der Waals surface area contributed by atoms with Crippen molar-refractivity contribution in [1.82, 2.24) is 4.90 Å². The Labute approximate surface area is 73.7 Å². The van der Waals surface area contributed by atoms with E-state index in [1.807, 2.05) is 13.8 Å². The third-order valence-corrected chi connectivity index (χ3v) is 2.17. The molecular weight excluding hydrogens is 154 g/mol. The minimum absolute atomic E-state index is 0.327. The average Bonchev–Trinajstić information content (AvgIpc) is 2.38. The molecule has 1 aliphatic heterocycles. The Morgan fingerprint density at radius 2 is 2.00 bits per heavy atom. The second kappa shape index (κ2) is 3.90. The molecule has 3 heteroatoms. The molecule has 1 aliphatic rings. The van der Waals surface area contributed by atoms with E-state index in [0.717, 1.165) is 19.6 Å². The highest BCUT2D eigenvalue weighted by atomic mass is 16.5. The van der Waals surface area contributed by atoms with Crippen LogP contribution in [0.2, 0.25) is 0 Å². The quantitative estimate of drug-likeness (QED) is 0.592. The van der Waals surface area contributed by atoms with Gasteiger partial charge in [-0.1, -0.05) is 0 Å². The maximum atomic E-state index is 10.2. The molecule has 0 aromatic rings. The van der Waals surface area contributed by atoms with Crippen molar-refractivity contribution in [2.45, 2.75) is 32.3 Å². The first-order chi connectivity index (χ1) is 5.64. The lowest BCUT2D eigenvalue weighted by atomic mass is 10.1. The molecule has 0 spiro atoms. The zero-order valence-corrected chi connectivity index (χ0v) is 7.88. The van der Waals surface area contributed by atoms with Gasteiger partial charge in [0.25, 0.3) is 6.47 Å². The number of likely N-dealkylation sites (tertiary alicyclic amines) is 1. The second-order valence-electron chi connectivity index (χ2n) is 3.96. The van der Waals surface area contributed by atoms with Crippen molar-refractivity contribution < 1.29 is 9.53 Å². The van der Waals surface area contributed by atoms with Crippen molar-refractivity contribution >= 4 is 6.47 Å². The van der Waals surface area contributed by atoms with Gasteiger partial charge in [-0.2, -0.15) is 0 Å². The highest BCUT2D eigenvalue weighted by Crippen LogP contribution is 2.15. The fourth-order valence-electron chi connectivity index (χ4n) is 1.65. The molecule has 0 aromatic carbocycles. The molecule has 3 nitrogen and oxygen atoms in total. The van der Waals surface area contributed by atoms with Crippen LogP contribution in [0.4, 0.5) is 0 Å². The molecule has 0 saturated carbocycles. The summed E-state index contributed by atoms with van der Waals surface area (Å²) in [5.41, 5.74) is -0.327. The molecule has 0 bridgehead atoms. The molecule has 0 unspecified atom stereocenters. The molecule has 0 aromatic heterocycles. The highest BCUT2D eigenvalue weighted by molar-refractivity contribution is 5.38. The van der Waals surface area contributed by atoms with Gasteiger partial charge in [-0.3, -0.25) is 9.69 Å². The molecule has 12 heavy (non-hydrogen) atoms. The van der Waals surface area contributed by atoms with Crippen molar-refractivity contribution in [2.24, 2.45) is 0 Å². The lowest BCUT2D eigenvalue weighted by Crippen LogP contribution is -2.39. The van der Waals surface area contributed by atoms with E-state index < -0.39 is 0 Å². The Bertz CT molecular complexity index is 151. The molecule has 70 valence electrons. The van der Waals surface area contributed by atoms with E-state index >= 15 is 0 Å². The topological polar surface area (TPSA) is 29.5 Å². The zero-order chi connectivity index (χ0) is 9.03. The molecule has 0 N–H and O–H groups in total. The van der Waals surface area contributed by atoms with Crippen molar-refractivity contribution in [3.63, 3.8) is 0 Å². The van der Waals surface area contributed by atoms with Crippen LogP contribution in [-0.4, -0.2) is 36.6 Å². The van der Waals surface area contributed by atoms with Crippen LogP contribution >= 0.6 is 0 Å². The summed E-state index contributed by atoms with van der Waals surface area (Å²) >= 11 is 0. The van der Waals surface area contributed by atoms with Crippen molar-refractivity contribution in [3.8, 4) is 0 Å². The maximum Gasteiger partial charge on any atom is 0.293 e. The summed E-state index contributed by atoms with van der Waals surface area (Å²) in [6, 6.07) is 0. The summed E-state index contributed by atoms with van der Waals surface area (Å²) in [5, 5.41) is 0. The minimum atomic E-state index is -0.327. The summed E-state index contributed by atoms with van der Waals surface area (Å²) in [6.07, 6.45) is 2.55. The van der Waals surface area contributed by atoms with Gasteiger partial charge in [-0.25, -0.2) is 0 Å². The first-order valence-corrected chi connectivity index (χ1v) is 4.48. The first-order valence-electron chi connectivity index (χ1n) is 4.48. The summed E-state index contributed by atoms with van der Waals surface area (Å²) in [7, 11) is 0. The van der Waals surface area contributed by atoms with Gasteiger partial charge < -0.3 is 4.74 Å². The van der Waals surface area contributed by atoms with Gasteiger partial charge >= 0.3 is 0 Å². The number of hydrogen-bond donors (Lipinski definition) is 0. The van der Waals surface area contributed by atoms with Crippen molar-refractivity contribution in [3.05, 3.63) is 0 Å². The molecule has 0 radical (unpaired) electrons. The molecule has 0 amide bonds. The Kier molecular flexibility index (Phi) is 3.09. The van der Waals surface area contributed by atoms with Gasteiger partial charge in [0.05, 0.1) is 0 Å². The van der Waals surface area contributed by atoms with Crippen LogP contribution in [-0.2, 0) is 9.53 Å². The van der Waals surface area contributed by atoms with E-state index in [1.165, 1.54) is 12.8 Å². The van der Waals surface area contributed by atoms with E-state index in [2.05, 4.69) is 4.90 Å². The third kappa shape index (κ3) is 2.81. The number of rotatable bonds is 4. The van der Waals surface area contributed by atoms with Crippen LogP contribution in [0.15, 0.2) is 0 Å². The monoisotopic (exact) mass is 171 g/mol. The van der Waals surface area contributed by atoms with Gasteiger partial charge in [0, 0.05) is 6.54 Å². The molecule has 1 saturated heterocycles. The van der Waals surface area contributed by atoms with Gasteiger partial charge in [0.1, 0.15) is 5.60 Å². The average molecular weight is 171 g/mol. The summed E-state index contributed by atoms with van der Waals surface area (Å²) in [6.45, 7) is 7.57. The fraction of sp³-hybridized carbons (Fsp3) is 0.889. The van der Waals surface area contributed by atoms with Gasteiger partial charge in [0.15, 0.2) is 0 Å². The zero-order valence-electron chi connectivity index (χ0n) is 7.88. The standard InChI is InChI=1S/C9H17NO2/c1-9(2,12-8-11)7-10-5-3-4-6-10/h8H,3-7H2,1-2H3. The highest BCUT2D eigenvalue weighted by Gasteiger charge is 2.24. The van der Waals surface area contributed by atoms with E-state index in [9.17, 15) is 4.79 Å². The number of nitrogens with zero attached hydrogens (tertiary/aromatic N) is 1.